The van der Waals surface area contributed by atoms with Crippen molar-refractivity contribution in [3.8, 4) is 0 Å². The maximum atomic E-state index is 6.10. The number of unbranched alkanes of at least 4 members (excludes halogenated alkanes) is 1. The zero-order valence-electron chi connectivity index (χ0n) is 9.23. The molecule has 76 valence electrons. The van der Waals surface area contributed by atoms with Gasteiger partial charge in [-0.2, -0.15) is 0 Å². The van der Waals surface area contributed by atoms with Crippen LogP contribution in [0.1, 0.15) is 39.0 Å². The van der Waals surface area contributed by atoms with Crippen molar-refractivity contribution < 1.29 is 4.43 Å². The summed E-state index contributed by atoms with van der Waals surface area (Å²) < 4.78 is 6.10. The van der Waals surface area contributed by atoms with E-state index in [2.05, 4.69) is 26.1 Å². The van der Waals surface area contributed by atoms with Gasteiger partial charge in [0.05, 0.1) is 5.76 Å². The molecule has 0 bridgehead atoms. The van der Waals surface area contributed by atoms with Crippen molar-refractivity contribution in [1.82, 2.24) is 0 Å². The Balaban J connectivity index is 2.31. The van der Waals surface area contributed by atoms with Crippen LogP contribution in [0, 0.1) is 0 Å². The fraction of sp³-hybridized carbons (Fsp3) is 0.818. The summed E-state index contributed by atoms with van der Waals surface area (Å²) in [6, 6.07) is 1.31. The van der Waals surface area contributed by atoms with Crippen LogP contribution in [0.4, 0.5) is 0 Å². The minimum Gasteiger partial charge on any atom is -0.547 e. The predicted octanol–water partition coefficient (Wildman–Crippen LogP) is 4.08. The molecule has 0 aromatic heterocycles. The highest BCUT2D eigenvalue weighted by Gasteiger charge is 2.24. The van der Waals surface area contributed by atoms with Gasteiger partial charge in [0.1, 0.15) is 0 Å². The molecule has 1 rings (SSSR count). The Labute approximate surface area is 83.3 Å². The molecule has 0 fully saturated rings. The SMILES string of the molecule is CCCC[Si](C)(C)OC1=CCCC1. The van der Waals surface area contributed by atoms with Crippen molar-refractivity contribution in [3.63, 3.8) is 0 Å². The van der Waals surface area contributed by atoms with E-state index in [0.717, 1.165) is 0 Å². The van der Waals surface area contributed by atoms with E-state index in [-0.39, 0.29) is 0 Å². The van der Waals surface area contributed by atoms with Gasteiger partial charge in [0.15, 0.2) is 0 Å². The monoisotopic (exact) mass is 198 g/mol. The van der Waals surface area contributed by atoms with E-state index in [1.54, 1.807) is 0 Å². The first-order valence-corrected chi connectivity index (χ1v) is 8.63. The number of hydrogen-bond acceptors (Lipinski definition) is 1. The molecule has 0 heterocycles. The quantitative estimate of drug-likeness (QED) is 0.605. The lowest BCUT2D eigenvalue weighted by Gasteiger charge is -2.24. The van der Waals surface area contributed by atoms with Crippen LogP contribution in [0.2, 0.25) is 19.1 Å². The van der Waals surface area contributed by atoms with Crippen molar-refractivity contribution in [2.45, 2.75) is 58.2 Å². The van der Waals surface area contributed by atoms with Gasteiger partial charge in [0.25, 0.3) is 0 Å². The maximum absolute atomic E-state index is 6.10. The van der Waals surface area contributed by atoms with E-state index in [1.807, 2.05) is 0 Å². The standard InChI is InChI=1S/C11H22OSi/c1-4-5-10-13(2,3)12-11-8-6-7-9-11/h8H,4-7,9-10H2,1-3H3. The molecule has 0 saturated carbocycles. The third kappa shape index (κ3) is 3.99. The Morgan fingerprint density at radius 2 is 2.23 bits per heavy atom. The first-order valence-electron chi connectivity index (χ1n) is 5.52. The van der Waals surface area contributed by atoms with Crippen LogP contribution >= 0.6 is 0 Å². The van der Waals surface area contributed by atoms with Gasteiger partial charge in [-0.05, 0) is 38.1 Å². The number of hydrogen-bond donors (Lipinski definition) is 0. The largest absolute Gasteiger partial charge is 0.547 e. The summed E-state index contributed by atoms with van der Waals surface area (Å²) in [6.07, 6.45) is 8.61. The minimum absolute atomic E-state index is 1.18. The molecule has 0 saturated heterocycles. The number of allylic oxidation sites excluding steroid dienone is 2. The van der Waals surface area contributed by atoms with E-state index in [1.165, 1.54) is 43.9 Å². The minimum atomic E-state index is -1.36. The van der Waals surface area contributed by atoms with Gasteiger partial charge >= 0.3 is 0 Å². The summed E-state index contributed by atoms with van der Waals surface area (Å²) in [5.74, 6) is 1.28. The Hall–Kier alpha value is -0.243. The molecule has 0 unspecified atom stereocenters. The average molecular weight is 198 g/mol. The Morgan fingerprint density at radius 3 is 2.77 bits per heavy atom. The maximum Gasteiger partial charge on any atom is 0.244 e. The molecule has 0 N–H and O–H groups in total. The topological polar surface area (TPSA) is 9.23 Å². The van der Waals surface area contributed by atoms with Crippen molar-refractivity contribution >= 4 is 8.32 Å². The normalized spacial score (nSPS) is 17.3. The lowest BCUT2D eigenvalue weighted by molar-refractivity contribution is 0.399. The molecule has 0 aromatic rings. The van der Waals surface area contributed by atoms with Gasteiger partial charge in [0.2, 0.25) is 8.32 Å². The summed E-state index contributed by atoms with van der Waals surface area (Å²) in [4.78, 5) is 0. The summed E-state index contributed by atoms with van der Waals surface area (Å²) >= 11 is 0. The molecular weight excluding hydrogens is 176 g/mol. The van der Waals surface area contributed by atoms with Crippen molar-refractivity contribution in [2.24, 2.45) is 0 Å². The van der Waals surface area contributed by atoms with Crippen molar-refractivity contribution in [1.29, 1.82) is 0 Å². The Morgan fingerprint density at radius 1 is 1.46 bits per heavy atom. The van der Waals surface area contributed by atoms with Crippen molar-refractivity contribution in [3.05, 3.63) is 11.8 Å². The molecule has 2 heteroatoms. The highest BCUT2D eigenvalue weighted by Crippen LogP contribution is 2.25. The molecule has 0 atom stereocenters. The second kappa shape index (κ2) is 4.84. The Bertz CT molecular complexity index is 185. The van der Waals surface area contributed by atoms with E-state index >= 15 is 0 Å². The van der Waals surface area contributed by atoms with Gasteiger partial charge < -0.3 is 4.43 Å². The van der Waals surface area contributed by atoms with Crippen LogP contribution in [0.5, 0.6) is 0 Å². The molecular formula is C11H22OSi. The van der Waals surface area contributed by atoms with Crippen LogP contribution in [0.25, 0.3) is 0 Å². The van der Waals surface area contributed by atoms with Gasteiger partial charge in [-0.15, -0.1) is 0 Å². The van der Waals surface area contributed by atoms with Crippen LogP contribution in [-0.4, -0.2) is 8.32 Å². The van der Waals surface area contributed by atoms with Gasteiger partial charge in [-0.25, -0.2) is 0 Å². The first-order chi connectivity index (χ1) is 6.14. The summed E-state index contributed by atoms with van der Waals surface area (Å²) in [6.45, 7) is 6.92. The molecule has 1 nitrogen and oxygen atoms in total. The van der Waals surface area contributed by atoms with Crippen LogP contribution in [0.3, 0.4) is 0 Å². The smallest absolute Gasteiger partial charge is 0.244 e. The van der Waals surface area contributed by atoms with E-state index in [9.17, 15) is 0 Å². The fourth-order valence-corrected chi connectivity index (χ4v) is 3.94. The van der Waals surface area contributed by atoms with Gasteiger partial charge in [-0.1, -0.05) is 19.8 Å². The van der Waals surface area contributed by atoms with Crippen LogP contribution in [0.15, 0.2) is 11.8 Å². The fourth-order valence-electron chi connectivity index (χ4n) is 1.74. The summed E-state index contributed by atoms with van der Waals surface area (Å²) in [7, 11) is -1.36. The second-order valence-electron chi connectivity index (χ2n) is 4.53. The van der Waals surface area contributed by atoms with Crippen LogP contribution in [-0.2, 0) is 4.43 Å². The highest BCUT2D eigenvalue weighted by atomic mass is 28.4. The molecule has 0 aromatic carbocycles. The summed E-state index contributed by atoms with van der Waals surface area (Å²) in [5, 5.41) is 0. The molecule has 0 spiro atoms. The molecule has 1 aliphatic carbocycles. The zero-order chi connectivity index (χ0) is 9.73. The zero-order valence-corrected chi connectivity index (χ0v) is 10.2. The Kier molecular flexibility index (Phi) is 4.04. The molecule has 0 radical (unpaired) electrons. The van der Waals surface area contributed by atoms with E-state index in [4.69, 9.17) is 4.43 Å². The van der Waals surface area contributed by atoms with Gasteiger partial charge in [-0.3, -0.25) is 0 Å². The molecule has 1 aliphatic rings. The van der Waals surface area contributed by atoms with Gasteiger partial charge in [0, 0.05) is 6.42 Å². The lowest BCUT2D eigenvalue weighted by Crippen LogP contribution is -2.29. The number of rotatable bonds is 5. The molecule has 13 heavy (non-hydrogen) atoms. The highest BCUT2D eigenvalue weighted by molar-refractivity contribution is 6.71. The average Bonchev–Trinajstić information content (AvgIpc) is 2.52. The lowest BCUT2D eigenvalue weighted by atomic mass is 10.4. The molecule has 0 aliphatic heterocycles. The van der Waals surface area contributed by atoms with Crippen LogP contribution < -0.4 is 0 Å². The molecule has 0 amide bonds. The first kappa shape index (κ1) is 10.8. The van der Waals surface area contributed by atoms with E-state index < -0.39 is 8.32 Å². The summed E-state index contributed by atoms with van der Waals surface area (Å²) in [5.41, 5.74) is 0. The predicted molar refractivity (Wildman–Crippen MR) is 60.2 cm³/mol. The third-order valence-corrected chi connectivity index (χ3v) is 4.91. The third-order valence-electron chi connectivity index (χ3n) is 2.54. The van der Waals surface area contributed by atoms with Crippen molar-refractivity contribution in [2.75, 3.05) is 0 Å². The van der Waals surface area contributed by atoms with E-state index in [0.29, 0.717) is 0 Å². The second-order valence-corrected chi connectivity index (χ2v) is 8.75.